The van der Waals surface area contributed by atoms with Gasteiger partial charge in [-0.2, -0.15) is 0 Å². The quantitative estimate of drug-likeness (QED) is 0.276. The van der Waals surface area contributed by atoms with Crippen LogP contribution in [0.4, 0.5) is 5.69 Å². The maximum Gasteiger partial charge on any atom is 0.142 e. The van der Waals surface area contributed by atoms with Crippen molar-refractivity contribution in [2.75, 3.05) is 18.4 Å². The Morgan fingerprint density at radius 2 is 1.94 bits per heavy atom. The maximum atomic E-state index is 8.80. The number of aromatic nitrogens is 1. The van der Waals surface area contributed by atoms with E-state index in [9.17, 15) is 0 Å². The molecule has 5 rings (SSSR count). The molecule has 2 fully saturated rings. The van der Waals surface area contributed by atoms with Gasteiger partial charge >= 0.3 is 0 Å². The Morgan fingerprint density at radius 3 is 2.70 bits per heavy atom. The van der Waals surface area contributed by atoms with E-state index in [4.69, 9.17) is 14.9 Å². The summed E-state index contributed by atoms with van der Waals surface area (Å²) in [6.45, 7) is 5.70. The molecule has 168 valence electrons. The summed E-state index contributed by atoms with van der Waals surface area (Å²) in [5.74, 6) is 1.53. The van der Waals surface area contributed by atoms with Gasteiger partial charge in [-0.25, -0.2) is 0 Å². The van der Waals surface area contributed by atoms with Crippen molar-refractivity contribution in [1.82, 2.24) is 9.88 Å². The minimum Gasteiger partial charge on any atom is -0.457 e. The molecule has 3 aromatic rings. The standard InChI is InChI=1S/C27H28N4O2/c1-2-25-27(33-25)31-16-6-7-20(31)17-30-24-14-15-29-18-23(24)26(28)19-10-12-22(13-11-19)32-21-8-4-3-5-9-21/h2-5,8-15,18,20,25,27-28H,1,6-7,16-17H2,(H,29,30). The molecule has 0 spiro atoms. The molecule has 6 nitrogen and oxygen atoms in total. The van der Waals surface area contributed by atoms with E-state index in [2.05, 4.69) is 21.8 Å². The van der Waals surface area contributed by atoms with Gasteiger partial charge in [0.25, 0.3) is 0 Å². The molecule has 0 radical (unpaired) electrons. The van der Waals surface area contributed by atoms with Gasteiger partial charge in [-0.1, -0.05) is 24.3 Å². The third-order valence-electron chi connectivity index (χ3n) is 6.22. The van der Waals surface area contributed by atoms with Crippen molar-refractivity contribution in [1.29, 1.82) is 5.41 Å². The number of hydrogen-bond acceptors (Lipinski definition) is 6. The van der Waals surface area contributed by atoms with E-state index < -0.39 is 0 Å². The summed E-state index contributed by atoms with van der Waals surface area (Å²) < 4.78 is 11.6. The Balaban J connectivity index is 1.25. The molecule has 2 aliphatic rings. The SMILES string of the molecule is C=CC1OC1N1CCCC1CNc1ccncc1C(=N)c1ccc(Oc2ccccc2)cc1. The van der Waals surface area contributed by atoms with Crippen LogP contribution >= 0.6 is 0 Å². The lowest BCUT2D eigenvalue weighted by molar-refractivity contribution is 0.167. The maximum absolute atomic E-state index is 8.80. The lowest BCUT2D eigenvalue weighted by Crippen LogP contribution is -2.38. The largest absolute Gasteiger partial charge is 0.457 e. The highest BCUT2D eigenvalue weighted by Gasteiger charge is 2.45. The molecule has 0 bridgehead atoms. The lowest BCUT2D eigenvalue weighted by Gasteiger charge is -2.24. The zero-order valence-corrected chi connectivity index (χ0v) is 18.5. The van der Waals surface area contributed by atoms with Gasteiger partial charge in [0, 0.05) is 48.3 Å². The van der Waals surface area contributed by atoms with E-state index in [1.165, 1.54) is 6.42 Å². The van der Waals surface area contributed by atoms with Gasteiger partial charge in [0.1, 0.15) is 23.8 Å². The second-order valence-electron chi connectivity index (χ2n) is 8.38. The fraction of sp³-hybridized carbons (Fsp3) is 0.259. The van der Waals surface area contributed by atoms with Crippen LogP contribution in [0.15, 0.2) is 85.7 Å². The third-order valence-corrected chi connectivity index (χ3v) is 6.22. The van der Waals surface area contributed by atoms with Gasteiger partial charge < -0.3 is 14.8 Å². The minimum absolute atomic E-state index is 0.157. The summed E-state index contributed by atoms with van der Waals surface area (Å²) in [5.41, 5.74) is 2.94. The van der Waals surface area contributed by atoms with E-state index in [0.29, 0.717) is 11.8 Å². The van der Waals surface area contributed by atoms with Crippen molar-refractivity contribution in [2.45, 2.75) is 31.2 Å². The van der Waals surface area contributed by atoms with E-state index >= 15 is 0 Å². The second-order valence-corrected chi connectivity index (χ2v) is 8.38. The molecule has 0 amide bonds. The average molecular weight is 441 g/mol. The van der Waals surface area contributed by atoms with Gasteiger partial charge in [-0.3, -0.25) is 15.3 Å². The molecule has 0 saturated carbocycles. The molecular formula is C27H28N4O2. The molecule has 3 unspecified atom stereocenters. The van der Waals surface area contributed by atoms with Crippen LogP contribution in [0.3, 0.4) is 0 Å². The van der Waals surface area contributed by atoms with E-state index in [-0.39, 0.29) is 12.3 Å². The number of benzene rings is 2. The fourth-order valence-electron chi connectivity index (χ4n) is 4.41. The molecule has 2 aromatic carbocycles. The van der Waals surface area contributed by atoms with Crippen molar-refractivity contribution in [3.8, 4) is 11.5 Å². The third kappa shape index (κ3) is 4.82. The predicted octanol–water partition coefficient (Wildman–Crippen LogP) is 5.08. The zero-order chi connectivity index (χ0) is 22.6. The van der Waals surface area contributed by atoms with Gasteiger partial charge in [-0.05, 0) is 55.3 Å². The Bertz CT molecular complexity index is 1120. The summed E-state index contributed by atoms with van der Waals surface area (Å²) in [4.78, 5) is 6.70. The summed E-state index contributed by atoms with van der Waals surface area (Å²) in [6, 6.07) is 19.6. The lowest BCUT2D eigenvalue weighted by atomic mass is 10.0. The number of epoxide rings is 1. The highest BCUT2D eigenvalue weighted by molar-refractivity contribution is 6.13. The zero-order valence-electron chi connectivity index (χ0n) is 18.5. The summed E-state index contributed by atoms with van der Waals surface area (Å²) in [5, 5.41) is 12.4. The molecule has 33 heavy (non-hydrogen) atoms. The van der Waals surface area contributed by atoms with Crippen LogP contribution in [-0.2, 0) is 4.74 Å². The highest BCUT2D eigenvalue weighted by atomic mass is 16.6. The van der Waals surface area contributed by atoms with Crippen LogP contribution in [0.25, 0.3) is 0 Å². The van der Waals surface area contributed by atoms with Crippen LogP contribution in [0, 0.1) is 5.41 Å². The summed E-state index contributed by atoms with van der Waals surface area (Å²) in [7, 11) is 0. The molecular weight excluding hydrogens is 412 g/mol. The number of likely N-dealkylation sites (tertiary alicyclic amines) is 1. The molecule has 2 aliphatic heterocycles. The number of nitrogens with zero attached hydrogens (tertiary/aromatic N) is 2. The van der Waals surface area contributed by atoms with Crippen molar-refractivity contribution in [2.24, 2.45) is 0 Å². The molecule has 2 N–H and O–H groups in total. The van der Waals surface area contributed by atoms with Gasteiger partial charge in [-0.15, -0.1) is 6.58 Å². The first kappa shape index (κ1) is 21.4. The molecule has 1 aromatic heterocycles. The Hall–Kier alpha value is -3.48. The van der Waals surface area contributed by atoms with Crippen molar-refractivity contribution in [3.63, 3.8) is 0 Å². The molecule has 0 aliphatic carbocycles. The normalized spacial score (nSPS) is 22.0. The molecule has 3 heterocycles. The Kier molecular flexibility index (Phi) is 6.19. The van der Waals surface area contributed by atoms with Gasteiger partial charge in [0.2, 0.25) is 0 Å². The van der Waals surface area contributed by atoms with E-state index in [0.717, 1.165) is 47.8 Å². The van der Waals surface area contributed by atoms with Crippen LogP contribution in [0.1, 0.15) is 24.0 Å². The van der Waals surface area contributed by atoms with Crippen LogP contribution in [-0.4, -0.2) is 47.1 Å². The fourth-order valence-corrected chi connectivity index (χ4v) is 4.41. The van der Waals surface area contributed by atoms with Crippen LogP contribution in [0.2, 0.25) is 0 Å². The smallest absolute Gasteiger partial charge is 0.142 e. The molecule has 3 atom stereocenters. The monoisotopic (exact) mass is 440 g/mol. The number of pyridine rings is 1. The Labute approximate surface area is 194 Å². The summed E-state index contributed by atoms with van der Waals surface area (Å²) in [6.07, 6.45) is 8.03. The number of nitrogens with one attached hydrogen (secondary N) is 2. The molecule has 6 heteroatoms. The van der Waals surface area contributed by atoms with E-state index in [1.54, 1.807) is 12.4 Å². The van der Waals surface area contributed by atoms with Gasteiger partial charge in [0.05, 0.1) is 5.71 Å². The van der Waals surface area contributed by atoms with Gasteiger partial charge in [0.15, 0.2) is 0 Å². The first-order chi connectivity index (χ1) is 16.2. The van der Waals surface area contributed by atoms with E-state index in [1.807, 2.05) is 66.7 Å². The first-order valence-electron chi connectivity index (χ1n) is 11.4. The predicted molar refractivity (Wildman–Crippen MR) is 130 cm³/mol. The number of hydrogen-bond donors (Lipinski definition) is 2. The van der Waals surface area contributed by atoms with Crippen molar-refractivity contribution in [3.05, 3.63) is 96.8 Å². The topological polar surface area (TPSA) is 73.8 Å². The van der Waals surface area contributed by atoms with Crippen molar-refractivity contribution < 1.29 is 9.47 Å². The number of anilines is 1. The minimum atomic E-state index is 0.157. The van der Waals surface area contributed by atoms with Crippen LogP contribution in [0.5, 0.6) is 11.5 Å². The van der Waals surface area contributed by atoms with Crippen LogP contribution < -0.4 is 10.1 Å². The number of rotatable bonds is 9. The van der Waals surface area contributed by atoms with Crippen molar-refractivity contribution >= 4 is 11.4 Å². The first-order valence-corrected chi connectivity index (χ1v) is 11.4. The number of ether oxygens (including phenoxy) is 2. The Morgan fingerprint density at radius 1 is 1.15 bits per heavy atom. The number of para-hydroxylation sites is 1. The molecule has 2 saturated heterocycles. The second kappa shape index (κ2) is 9.57. The highest BCUT2D eigenvalue weighted by Crippen LogP contribution is 2.33. The summed E-state index contributed by atoms with van der Waals surface area (Å²) >= 11 is 0. The average Bonchev–Trinajstić information content (AvgIpc) is 3.51.